The Bertz CT molecular complexity index is 1020. The number of carbonyl (C=O) groups excluding carboxylic acids is 1. The van der Waals surface area contributed by atoms with E-state index >= 15 is 0 Å². The van der Waals surface area contributed by atoms with Crippen molar-refractivity contribution in [3.63, 3.8) is 0 Å². The molecule has 0 saturated carbocycles. The van der Waals surface area contributed by atoms with Gasteiger partial charge in [-0.1, -0.05) is 0 Å². The maximum atomic E-state index is 13.3. The maximum Gasteiger partial charge on any atom is 0.255 e. The molecule has 2 aromatic carbocycles. The molecular formula is C20H20N2O4S2. The van der Waals surface area contributed by atoms with Crippen LogP contribution in [0.2, 0.25) is 0 Å². The molecule has 0 bridgehead atoms. The molecule has 1 fully saturated rings. The van der Waals surface area contributed by atoms with E-state index in [2.05, 4.69) is 4.98 Å². The van der Waals surface area contributed by atoms with Gasteiger partial charge in [-0.3, -0.25) is 4.79 Å². The van der Waals surface area contributed by atoms with Crippen LogP contribution in [0.3, 0.4) is 0 Å². The minimum atomic E-state index is -0.153. The monoisotopic (exact) mass is 416 g/mol. The van der Waals surface area contributed by atoms with Crippen molar-refractivity contribution in [3.8, 4) is 17.2 Å². The summed E-state index contributed by atoms with van der Waals surface area (Å²) in [6, 6.07) is 9.36. The third-order valence-electron chi connectivity index (χ3n) is 4.73. The second kappa shape index (κ2) is 7.89. The Kier molecular flexibility index (Phi) is 5.32. The first-order chi connectivity index (χ1) is 13.7. The molecule has 1 amide bonds. The minimum absolute atomic E-state index is 0.00198. The Hall–Kier alpha value is -2.45. The molecule has 4 rings (SSSR count). The van der Waals surface area contributed by atoms with E-state index in [0.29, 0.717) is 29.4 Å². The normalized spacial score (nSPS) is 16.4. The van der Waals surface area contributed by atoms with E-state index in [0.717, 1.165) is 21.5 Å². The van der Waals surface area contributed by atoms with Gasteiger partial charge in [0.2, 0.25) is 0 Å². The largest absolute Gasteiger partial charge is 0.496 e. The highest BCUT2D eigenvalue weighted by Crippen LogP contribution is 2.46. The van der Waals surface area contributed by atoms with Crippen LogP contribution in [0.1, 0.15) is 21.3 Å². The lowest BCUT2D eigenvalue weighted by atomic mass is 10.1. The van der Waals surface area contributed by atoms with Gasteiger partial charge in [0.25, 0.3) is 5.91 Å². The van der Waals surface area contributed by atoms with Crippen LogP contribution in [0.4, 0.5) is 0 Å². The van der Waals surface area contributed by atoms with E-state index in [1.54, 1.807) is 44.7 Å². The molecule has 3 aromatic rings. The summed E-state index contributed by atoms with van der Waals surface area (Å²) in [5, 5.41) is -0.153. The summed E-state index contributed by atoms with van der Waals surface area (Å²) in [6.07, 6.45) is 0. The molecule has 0 N–H and O–H groups in total. The number of carbonyl (C=O) groups is 1. The van der Waals surface area contributed by atoms with Crippen molar-refractivity contribution in [2.75, 3.05) is 33.6 Å². The first-order valence-corrected chi connectivity index (χ1v) is 10.6. The van der Waals surface area contributed by atoms with Crippen LogP contribution in [-0.4, -0.2) is 49.4 Å². The third kappa shape index (κ3) is 3.27. The van der Waals surface area contributed by atoms with Crippen LogP contribution in [0.5, 0.6) is 17.2 Å². The predicted octanol–water partition coefficient (Wildman–Crippen LogP) is 4.21. The topological polar surface area (TPSA) is 60.9 Å². The first kappa shape index (κ1) is 18.9. The van der Waals surface area contributed by atoms with Gasteiger partial charge in [0.05, 0.1) is 37.1 Å². The van der Waals surface area contributed by atoms with Gasteiger partial charge in [-0.2, -0.15) is 0 Å². The van der Waals surface area contributed by atoms with Crippen molar-refractivity contribution < 1.29 is 19.0 Å². The Labute approximate surface area is 171 Å². The summed E-state index contributed by atoms with van der Waals surface area (Å²) in [5.41, 5.74) is 4.27. The molecule has 2 heterocycles. The fourth-order valence-electron chi connectivity index (χ4n) is 3.34. The lowest BCUT2D eigenvalue weighted by Gasteiger charge is -2.26. The van der Waals surface area contributed by atoms with E-state index in [-0.39, 0.29) is 11.3 Å². The molecule has 1 aromatic heterocycles. The molecule has 0 spiro atoms. The average molecular weight is 417 g/mol. The molecule has 6 nitrogen and oxygen atoms in total. The van der Waals surface area contributed by atoms with Gasteiger partial charge in [0.15, 0.2) is 11.5 Å². The minimum Gasteiger partial charge on any atom is -0.496 e. The van der Waals surface area contributed by atoms with Crippen molar-refractivity contribution in [2.45, 2.75) is 5.37 Å². The van der Waals surface area contributed by atoms with Gasteiger partial charge in [-0.25, -0.2) is 4.98 Å². The van der Waals surface area contributed by atoms with Crippen LogP contribution in [0, 0.1) is 0 Å². The first-order valence-electron chi connectivity index (χ1n) is 8.72. The summed E-state index contributed by atoms with van der Waals surface area (Å²) in [7, 11) is 4.81. The molecule has 1 aliphatic rings. The van der Waals surface area contributed by atoms with Crippen LogP contribution in [0.15, 0.2) is 35.8 Å². The third-order valence-corrected chi connectivity index (χ3v) is 6.77. The Morgan fingerprint density at radius 1 is 1.07 bits per heavy atom. The Balaban J connectivity index is 1.70. The number of hydrogen-bond acceptors (Lipinski definition) is 7. The molecule has 28 heavy (non-hydrogen) atoms. The summed E-state index contributed by atoms with van der Waals surface area (Å²) < 4.78 is 17.4. The number of benzene rings is 2. The van der Waals surface area contributed by atoms with Crippen molar-refractivity contribution in [1.29, 1.82) is 0 Å². The molecule has 0 radical (unpaired) electrons. The van der Waals surface area contributed by atoms with Gasteiger partial charge >= 0.3 is 0 Å². The molecule has 0 aliphatic carbocycles. The Morgan fingerprint density at radius 2 is 1.82 bits per heavy atom. The van der Waals surface area contributed by atoms with Gasteiger partial charge < -0.3 is 19.1 Å². The molecule has 1 saturated heterocycles. The summed E-state index contributed by atoms with van der Waals surface area (Å²) in [6.45, 7) is 0.673. The van der Waals surface area contributed by atoms with Crippen molar-refractivity contribution in [3.05, 3.63) is 47.0 Å². The van der Waals surface area contributed by atoms with Crippen LogP contribution in [-0.2, 0) is 0 Å². The molecule has 146 valence electrons. The lowest BCUT2D eigenvalue weighted by molar-refractivity contribution is 0.0759. The summed E-state index contributed by atoms with van der Waals surface area (Å²) in [5.74, 6) is 2.75. The number of methoxy groups -OCH3 is 3. The number of aromatic nitrogens is 1. The van der Waals surface area contributed by atoms with E-state index in [1.165, 1.54) is 11.3 Å². The van der Waals surface area contributed by atoms with Crippen molar-refractivity contribution >= 4 is 39.2 Å². The standard InChI is InChI=1S/C20H20N2O4S2/c1-24-15-10-17(26-3)16(25-2)9-13(15)20-22(6-7-27-20)19(23)12-4-5-14-18(8-12)28-11-21-14/h4-5,8-11,20H,6-7H2,1-3H3. The molecule has 1 aliphatic heterocycles. The quantitative estimate of drug-likeness (QED) is 0.621. The number of rotatable bonds is 5. The average Bonchev–Trinajstić information content (AvgIpc) is 3.40. The molecular weight excluding hydrogens is 396 g/mol. The number of fused-ring (bicyclic) bond motifs is 1. The number of thioether (sulfide) groups is 1. The number of ether oxygens (including phenoxy) is 3. The predicted molar refractivity (Wildman–Crippen MR) is 112 cm³/mol. The number of amides is 1. The van der Waals surface area contributed by atoms with E-state index in [1.807, 2.05) is 29.2 Å². The van der Waals surface area contributed by atoms with E-state index < -0.39 is 0 Å². The van der Waals surface area contributed by atoms with Crippen molar-refractivity contribution in [1.82, 2.24) is 9.88 Å². The highest BCUT2D eigenvalue weighted by atomic mass is 32.2. The van der Waals surface area contributed by atoms with E-state index in [9.17, 15) is 4.79 Å². The molecule has 8 heteroatoms. The second-order valence-electron chi connectivity index (χ2n) is 6.21. The zero-order chi connectivity index (χ0) is 19.7. The molecule has 1 unspecified atom stereocenters. The zero-order valence-electron chi connectivity index (χ0n) is 15.8. The highest BCUT2D eigenvalue weighted by Gasteiger charge is 2.34. The Morgan fingerprint density at radius 3 is 2.57 bits per heavy atom. The summed E-state index contributed by atoms with van der Waals surface area (Å²) in [4.78, 5) is 19.4. The van der Waals surface area contributed by atoms with Gasteiger partial charge in [0, 0.05) is 29.5 Å². The maximum absolute atomic E-state index is 13.3. The van der Waals surface area contributed by atoms with Gasteiger partial charge in [-0.05, 0) is 24.3 Å². The van der Waals surface area contributed by atoms with E-state index in [4.69, 9.17) is 14.2 Å². The smallest absolute Gasteiger partial charge is 0.255 e. The number of hydrogen-bond donors (Lipinski definition) is 0. The fourth-order valence-corrected chi connectivity index (χ4v) is 5.32. The number of thiazole rings is 1. The van der Waals surface area contributed by atoms with Crippen LogP contribution in [0.25, 0.3) is 10.2 Å². The second-order valence-corrected chi connectivity index (χ2v) is 8.28. The van der Waals surface area contributed by atoms with Gasteiger partial charge in [0.1, 0.15) is 11.1 Å². The zero-order valence-corrected chi connectivity index (χ0v) is 17.4. The number of nitrogens with zero attached hydrogens (tertiary/aromatic N) is 2. The SMILES string of the molecule is COc1cc(OC)c(C2SCCN2C(=O)c2ccc3ncsc3c2)cc1OC. The lowest BCUT2D eigenvalue weighted by Crippen LogP contribution is -2.30. The fraction of sp³-hybridized carbons (Fsp3) is 0.300. The summed E-state index contributed by atoms with van der Waals surface area (Å²) >= 11 is 3.25. The van der Waals surface area contributed by atoms with Gasteiger partial charge in [-0.15, -0.1) is 23.1 Å². The van der Waals surface area contributed by atoms with Crippen LogP contribution >= 0.6 is 23.1 Å². The van der Waals surface area contributed by atoms with Crippen molar-refractivity contribution in [2.24, 2.45) is 0 Å². The highest BCUT2D eigenvalue weighted by molar-refractivity contribution is 7.99. The van der Waals surface area contributed by atoms with Crippen LogP contribution < -0.4 is 14.2 Å². The molecule has 1 atom stereocenters.